The number of benzene rings is 1. The fourth-order valence-corrected chi connectivity index (χ4v) is 3.55. The molecule has 0 saturated carbocycles. The van der Waals surface area contributed by atoms with E-state index in [2.05, 4.69) is 37.9 Å². The molecule has 0 unspecified atom stereocenters. The van der Waals surface area contributed by atoms with Gasteiger partial charge in [0.15, 0.2) is 0 Å². The van der Waals surface area contributed by atoms with E-state index in [1.54, 1.807) is 6.20 Å². The average molecular weight is 351 g/mol. The van der Waals surface area contributed by atoms with E-state index in [1.807, 2.05) is 12.1 Å². The van der Waals surface area contributed by atoms with Gasteiger partial charge in [-0.2, -0.15) is 5.26 Å². The number of fused-ring (bicyclic) bond motifs is 1. The lowest BCUT2D eigenvalue weighted by molar-refractivity contribution is 0.488. The number of aromatic nitrogens is 1. The number of nitriles is 1. The van der Waals surface area contributed by atoms with Crippen LogP contribution in [0.5, 0.6) is 0 Å². The van der Waals surface area contributed by atoms with E-state index in [-0.39, 0.29) is 5.92 Å². The van der Waals surface area contributed by atoms with Gasteiger partial charge in [-0.25, -0.2) is 0 Å². The number of hydrogen-bond donors (Lipinski definition) is 0. The molecule has 0 radical (unpaired) electrons. The van der Waals surface area contributed by atoms with Gasteiger partial charge in [-0.15, -0.1) is 0 Å². The first-order valence-corrected chi connectivity index (χ1v) is 7.74. The van der Waals surface area contributed by atoms with E-state index in [9.17, 15) is 0 Å². The van der Waals surface area contributed by atoms with Gasteiger partial charge in [-0.05, 0) is 31.0 Å². The van der Waals surface area contributed by atoms with Gasteiger partial charge in [-0.1, -0.05) is 27.5 Å². The van der Waals surface area contributed by atoms with E-state index in [0.29, 0.717) is 5.02 Å². The van der Waals surface area contributed by atoms with Gasteiger partial charge in [0, 0.05) is 40.8 Å². The molecule has 2 aromatic rings. The van der Waals surface area contributed by atoms with Crippen molar-refractivity contribution < 1.29 is 0 Å². The lowest BCUT2D eigenvalue weighted by Crippen LogP contribution is -2.33. The highest BCUT2D eigenvalue weighted by Gasteiger charge is 2.20. The van der Waals surface area contributed by atoms with Gasteiger partial charge in [0.25, 0.3) is 0 Å². The first kappa shape index (κ1) is 13.7. The third-order valence-corrected chi connectivity index (χ3v) is 4.50. The Kier molecular flexibility index (Phi) is 3.82. The predicted octanol–water partition coefficient (Wildman–Crippen LogP) is 4.39. The maximum Gasteiger partial charge on any atom is 0.0909 e. The molecule has 0 spiro atoms. The van der Waals surface area contributed by atoms with Gasteiger partial charge >= 0.3 is 0 Å². The fraction of sp³-hybridized carbons (Fsp3) is 0.333. The highest BCUT2D eigenvalue weighted by molar-refractivity contribution is 9.10. The molecule has 5 heteroatoms. The number of hydrogen-bond acceptors (Lipinski definition) is 3. The second-order valence-corrected chi connectivity index (χ2v) is 6.33. The third kappa shape index (κ3) is 2.48. The molecule has 1 aliphatic heterocycles. The Labute approximate surface area is 131 Å². The minimum Gasteiger partial charge on any atom is -0.371 e. The fourth-order valence-electron chi connectivity index (χ4n) is 2.69. The molecule has 3 rings (SSSR count). The highest BCUT2D eigenvalue weighted by atomic mass is 79.9. The normalized spacial score (nSPS) is 16.4. The van der Waals surface area contributed by atoms with Gasteiger partial charge in [0.2, 0.25) is 0 Å². The summed E-state index contributed by atoms with van der Waals surface area (Å²) in [5.74, 6) is 0.190. The summed E-state index contributed by atoms with van der Waals surface area (Å²) < 4.78 is 0.955. The van der Waals surface area contributed by atoms with E-state index in [4.69, 9.17) is 16.9 Å². The van der Waals surface area contributed by atoms with Crippen molar-refractivity contribution in [2.75, 3.05) is 18.0 Å². The molecule has 102 valence electrons. The monoisotopic (exact) mass is 349 g/mol. The molecule has 0 aliphatic carbocycles. The van der Waals surface area contributed by atoms with Gasteiger partial charge in [0.05, 0.1) is 16.6 Å². The zero-order valence-electron chi connectivity index (χ0n) is 10.8. The van der Waals surface area contributed by atoms with Crippen molar-refractivity contribution in [2.45, 2.75) is 12.8 Å². The van der Waals surface area contributed by atoms with Crippen LogP contribution in [0, 0.1) is 17.2 Å². The van der Waals surface area contributed by atoms with Crippen LogP contribution in [-0.4, -0.2) is 18.1 Å². The number of halogens is 2. The zero-order chi connectivity index (χ0) is 14.1. The van der Waals surface area contributed by atoms with Crippen molar-refractivity contribution in [2.24, 2.45) is 5.92 Å². The summed E-state index contributed by atoms with van der Waals surface area (Å²) in [7, 11) is 0. The van der Waals surface area contributed by atoms with Gasteiger partial charge in [-0.3, -0.25) is 4.98 Å². The number of piperidine rings is 1. The summed E-state index contributed by atoms with van der Waals surface area (Å²) in [6, 6.07) is 8.31. The molecule has 1 aromatic heterocycles. The largest absolute Gasteiger partial charge is 0.371 e. The lowest BCUT2D eigenvalue weighted by atomic mass is 9.98. The van der Waals surface area contributed by atoms with E-state index in [1.165, 1.54) is 0 Å². The van der Waals surface area contributed by atoms with Crippen LogP contribution >= 0.6 is 27.5 Å². The van der Waals surface area contributed by atoms with Crippen LogP contribution in [0.25, 0.3) is 10.9 Å². The number of pyridine rings is 1. The Morgan fingerprint density at radius 3 is 2.80 bits per heavy atom. The molecular weight excluding hydrogens is 338 g/mol. The Bertz CT molecular complexity index is 687. The van der Waals surface area contributed by atoms with Crippen LogP contribution in [-0.2, 0) is 0 Å². The van der Waals surface area contributed by atoms with Crippen molar-refractivity contribution in [1.29, 1.82) is 5.26 Å². The smallest absolute Gasteiger partial charge is 0.0909 e. The van der Waals surface area contributed by atoms with Crippen molar-refractivity contribution >= 4 is 44.1 Å². The topological polar surface area (TPSA) is 39.9 Å². The standard InChI is InChI=1S/C15H13BrClN3/c16-11-7-12-14(1-4-19-15(12)13(17)8-11)20-5-2-10(9-18)3-6-20/h1,4,7-8,10H,2-3,5-6H2. The summed E-state index contributed by atoms with van der Waals surface area (Å²) >= 11 is 9.75. The second-order valence-electron chi connectivity index (χ2n) is 5.00. The van der Waals surface area contributed by atoms with Crippen LogP contribution in [0.2, 0.25) is 5.02 Å². The minimum absolute atomic E-state index is 0.190. The molecule has 3 nitrogen and oxygen atoms in total. The quantitative estimate of drug-likeness (QED) is 0.765. The van der Waals surface area contributed by atoms with Crippen LogP contribution in [0.4, 0.5) is 5.69 Å². The van der Waals surface area contributed by atoms with Crippen LogP contribution < -0.4 is 4.90 Å². The summed E-state index contributed by atoms with van der Waals surface area (Å²) in [4.78, 5) is 6.70. The van der Waals surface area contributed by atoms with Gasteiger partial charge < -0.3 is 4.90 Å². The van der Waals surface area contributed by atoms with Crippen molar-refractivity contribution in [3.05, 3.63) is 33.9 Å². The third-order valence-electron chi connectivity index (χ3n) is 3.76. The first-order valence-electron chi connectivity index (χ1n) is 6.57. The van der Waals surface area contributed by atoms with Crippen LogP contribution in [0.1, 0.15) is 12.8 Å². The molecule has 0 atom stereocenters. The summed E-state index contributed by atoms with van der Waals surface area (Å²) in [6.07, 6.45) is 3.64. The highest BCUT2D eigenvalue weighted by Crippen LogP contribution is 2.34. The number of nitrogens with zero attached hydrogens (tertiary/aromatic N) is 3. The average Bonchev–Trinajstić information content (AvgIpc) is 2.47. The Morgan fingerprint density at radius 2 is 2.10 bits per heavy atom. The van der Waals surface area contributed by atoms with Crippen LogP contribution in [0.15, 0.2) is 28.9 Å². The number of anilines is 1. The molecule has 1 aliphatic rings. The summed E-state index contributed by atoms with van der Waals surface area (Å²) in [5.41, 5.74) is 1.98. The second kappa shape index (κ2) is 5.59. The zero-order valence-corrected chi connectivity index (χ0v) is 13.2. The molecule has 1 saturated heterocycles. The van der Waals surface area contributed by atoms with Crippen molar-refractivity contribution in [1.82, 2.24) is 4.98 Å². The molecule has 0 amide bonds. The molecule has 0 bridgehead atoms. The Morgan fingerprint density at radius 1 is 1.35 bits per heavy atom. The molecular formula is C15H13BrClN3. The number of rotatable bonds is 1. The maximum atomic E-state index is 8.99. The maximum absolute atomic E-state index is 8.99. The van der Waals surface area contributed by atoms with Crippen molar-refractivity contribution in [3.63, 3.8) is 0 Å². The molecule has 0 N–H and O–H groups in total. The lowest BCUT2D eigenvalue weighted by Gasteiger charge is -2.31. The summed E-state index contributed by atoms with van der Waals surface area (Å²) in [5, 5.41) is 10.7. The Hall–Kier alpha value is -1.31. The van der Waals surface area contributed by atoms with E-state index >= 15 is 0 Å². The molecule has 2 heterocycles. The van der Waals surface area contributed by atoms with Crippen molar-refractivity contribution in [3.8, 4) is 6.07 Å². The molecule has 20 heavy (non-hydrogen) atoms. The van der Waals surface area contributed by atoms with E-state index < -0.39 is 0 Å². The molecule has 1 fully saturated rings. The van der Waals surface area contributed by atoms with Gasteiger partial charge in [0.1, 0.15) is 0 Å². The first-order chi connectivity index (χ1) is 9.69. The summed E-state index contributed by atoms with van der Waals surface area (Å²) in [6.45, 7) is 1.81. The van der Waals surface area contributed by atoms with E-state index in [0.717, 1.165) is 47.0 Å². The minimum atomic E-state index is 0.190. The SMILES string of the molecule is N#CC1CCN(c2ccnc3c(Cl)cc(Br)cc23)CC1. The van der Waals surface area contributed by atoms with Crippen LogP contribution in [0.3, 0.4) is 0 Å². The molecule has 1 aromatic carbocycles. The Balaban J connectivity index is 2.02. The predicted molar refractivity (Wildman–Crippen MR) is 85.0 cm³/mol.